The first-order valence-corrected chi connectivity index (χ1v) is 10.0. The van der Waals surface area contributed by atoms with Gasteiger partial charge in [-0.25, -0.2) is 9.59 Å². The molecule has 0 saturated carbocycles. The molecule has 1 aromatic rings. The predicted octanol–water partition coefficient (Wildman–Crippen LogP) is 2.42. The van der Waals surface area contributed by atoms with Gasteiger partial charge < -0.3 is 24.3 Å². The lowest BCUT2D eigenvalue weighted by Gasteiger charge is -2.18. The number of thiophene rings is 1. The van der Waals surface area contributed by atoms with Crippen molar-refractivity contribution in [1.82, 2.24) is 0 Å². The van der Waals surface area contributed by atoms with Crippen LogP contribution < -0.4 is 5.32 Å². The molecule has 0 radical (unpaired) electrons. The summed E-state index contributed by atoms with van der Waals surface area (Å²) in [5.41, 5.74) is 1.37. The number of hydrogen-bond acceptors (Lipinski definition) is 8. The monoisotopic (exact) mass is 409 g/mol. The average molecular weight is 409 g/mol. The van der Waals surface area contributed by atoms with Gasteiger partial charge in [0.15, 0.2) is 6.61 Å². The first-order chi connectivity index (χ1) is 13.5. The second-order valence-corrected chi connectivity index (χ2v) is 7.71. The maximum absolute atomic E-state index is 12.4. The van der Waals surface area contributed by atoms with Crippen molar-refractivity contribution in [2.45, 2.75) is 33.1 Å². The molecule has 0 unspecified atom stereocenters. The van der Waals surface area contributed by atoms with E-state index >= 15 is 0 Å². The van der Waals surface area contributed by atoms with Gasteiger partial charge in [-0.15, -0.1) is 11.3 Å². The highest BCUT2D eigenvalue weighted by molar-refractivity contribution is 7.17. The van der Waals surface area contributed by atoms with E-state index in [1.54, 1.807) is 6.92 Å². The van der Waals surface area contributed by atoms with Crippen molar-refractivity contribution in [3.8, 4) is 0 Å². The van der Waals surface area contributed by atoms with Crippen LogP contribution in [0.5, 0.6) is 0 Å². The zero-order valence-corrected chi connectivity index (χ0v) is 16.7. The average Bonchev–Trinajstić information content (AvgIpc) is 3.03. The van der Waals surface area contributed by atoms with Crippen LogP contribution in [0, 0.1) is 5.92 Å². The maximum Gasteiger partial charge on any atom is 0.377 e. The van der Waals surface area contributed by atoms with Gasteiger partial charge in [-0.1, -0.05) is 6.92 Å². The third-order valence-electron chi connectivity index (χ3n) is 4.43. The van der Waals surface area contributed by atoms with Crippen LogP contribution in [0.3, 0.4) is 0 Å². The van der Waals surface area contributed by atoms with Crippen LogP contribution in [-0.4, -0.2) is 44.3 Å². The topological polar surface area (TPSA) is 100 Å². The molecule has 2 aliphatic rings. The van der Waals surface area contributed by atoms with Gasteiger partial charge in [0.2, 0.25) is 5.76 Å². The zero-order chi connectivity index (χ0) is 20.1. The second kappa shape index (κ2) is 9.09. The highest BCUT2D eigenvalue weighted by atomic mass is 32.1. The number of carbonyl (C=O) groups is 3. The molecule has 1 aliphatic heterocycles. The molecule has 0 bridgehead atoms. The molecular formula is C19H23NO7S. The van der Waals surface area contributed by atoms with Crippen LogP contribution in [0.25, 0.3) is 0 Å². The van der Waals surface area contributed by atoms with Crippen molar-refractivity contribution in [2.75, 3.05) is 31.7 Å². The number of fused-ring (bicyclic) bond motifs is 1. The lowest BCUT2D eigenvalue weighted by Crippen LogP contribution is -2.24. The van der Waals surface area contributed by atoms with Crippen LogP contribution in [0.15, 0.2) is 12.0 Å². The Balaban J connectivity index is 1.68. The minimum atomic E-state index is -0.778. The summed E-state index contributed by atoms with van der Waals surface area (Å²) in [6.07, 6.45) is 3.79. The molecule has 0 saturated heterocycles. The summed E-state index contributed by atoms with van der Waals surface area (Å²) in [6.45, 7) is 4.26. The van der Waals surface area contributed by atoms with Crippen molar-refractivity contribution in [2.24, 2.45) is 5.92 Å². The molecule has 1 amide bonds. The van der Waals surface area contributed by atoms with Crippen molar-refractivity contribution in [1.29, 1.82) is 0 Å². The van der Waals surface area contributed by atoms with Crippen molar-refractivity contribution < 1.29 is 33.3 Å². The first-order valence-electron chi connectivity index (χ1n) is 9.22. The number of carbonyl (C=O) groups excluding carboxylic acids is 3. The largest absolute Gasteiger partial charge is 0.493 e. The fourth-order valence-corrected chi connectivity index (χ4v) is 4.51. The SMILES string of the molecule is CCOC(=O)c1c(NC(=O)COC(=O)C2=COCCO2)sc2c1CC[C@H](C)C2. The van der Waals surface area contributed by atoms with E-state index in [-0.39, 0.29) is 19.0 Å². The molecule has 28 heavy (non-hydrogen) atoms. The van der Waals surface area contributed by atoms with Crippen molar-refractivity contribution >= 4 is 34.2 Å². The fourth-order valence-electron chi connectivity index (χ4n) is 3.10. The molecule has 0 fully saturated rings. The molecule has 1 aliphatic carbocycles. The number of anilines is 1. The fraction of sp³-hybridized carbons (Fsp3) is 0.526. The molecular weight excluding hydrogens is 386 g/mol. The third kappa shape index (κ3) is 4.64. The lowest BCUT2D eigenvalue weighted by molar-refractivity contribution is -0.148. The van der Waals surface area contributed by atoms with Gasteiger partial charge in [0, 0.05) is 4.88 Å². The Hall–Kier alpha value is -2.55. The molecule has 0 spiro atoms. The number of esters is 2. The minimum Gasteiger partial charge on any atom is -0.493 e. The van der Waals surface area contributed by atoms with Gasteiger partial charge >= 0.3 is 11.9 Å². The van der Waals surface area contributed by atoms with Crippen LogP contribution in [0.1, 0.15) is 41.1 Å². The zero-order valence-electron chi connectivity index (χ0n) is 15.9. The molecule has 0 aromatic carbocycles. The Morgan fingerprint density at radius 3 is 2.79 bits per heavy atom. The summed E-state index contributed by atoms with van der Waals surface area (Å²) in [7, 11) is 0. The highest BCUT2D eigenvalue weighted by Gasteiger charge is 2.29. The normalized spacial score (nSPS) is 18.1. The summed E-state index contributed by atoms with van der Waals surface area (Å²) in [5, 5.41) is 3.13. The molecule has 1 aromatic heterocycles. The second-order valence-electron chi connectivity index (χ2n) is 6.60. The molecule has 1 N–H and O–H groups in total. The standard InChI is InChI=1S/C19H23NO7S/c1-3-25-19(23)16-12-5-4-11(2)8-14(12)28-17(16)20-15(21)10-27-18(22)13-9-24-6-7-26-13/h9,11H,3-8,10H2,1-2H3,(H,20,21)/t11-/m0/s1. The summed E-state index contributed by atoms with van der Waals surface area (Å²) in [6, 6.07) is 0. The summed E-state index contributed by atoms with van der Waals surface area (Å²) in [4.78, 5) is 37.7. The van der Waals surface area contributed by atoms with Crippen LogP contribution in [0.2, 0.25) is 0 Å². The number of nitrogens with one attached hydrogen (secondary N) is 1. The van der Waals surface area contributed by atoms with E-state index in [0.29, 0.717) is 23.1 Å². The smallest absolute Gasteiger partial charge is 0.377 e. The van der Waals surface area contributed by atoms with Crippen molar-refractivity contribution in [3.63, 3.8) is 0 Å². The first kappa shape index (κ1) is 20.2. The van der Waals surface area contributed by atoms with Gasteiger partial charge in [-0.3, -0.25) is 4.79 Å². The Morgan fingerprint density at radius 2 is 2.07 bits per heavy atom. The van der Waals surface area contributed by atoms with Gasteiger partial charge in [-0.05, 0) is 37.7 Å². The van der Waals surface area contributed by atoms with Crippen molar-refractivity contribution in [3.05, 3.63) is 28.0 Å². The van der Waals surface area contributed by atoms with E-state index in [1.165, 1.54) is 11.3 Å². The van der Waals surface area contributed by atoms with Gasteiger partial charge in [0.25, 0.3) is 5.91 Å². The van der Waals surface area contributed by atoms with E-state index in [0.717, 1.165) is 36.0 Å². The third-order valence-corrected chi connectivity index (χ3v) is 5.60. The van der Waals surface area contributed by atoms with Crippen LogP contribution in [0.4, 0.5) is 5.00 Å². The molecule has 9 heteroatoms. The maximum atomic E-state index is 12.4. The van der Waals surface area contributed by atoms with E-state index in [4.69, 9.17) is 18.9 Å². The van der Waals surface area contributed by atoms with E-state index in [2.05, 4.69) is 12.2 Å². The predicted molar refractivity (Wildman–Crippen MR) is 101 cm³/mol. The Bertz CT molecular complexity index is 798. The number of hydrogen-bond donors (Lipinski definition) is 1. The van der Waals surface area contributed by atoms with Gasteiger partial charge in [0.05, 0.1) is 12.2 Å². The molecule has 3 rings (SSSR count). The Morgan fingerprint density at radius 1 is 1.25 bits per heavy atom. The summed E-state index contributed by atoms with van der Waals surface area (Å²) >= 11 is 1.38. The number of ether oxygens (including phenoxy) is 4. The minimum absolute atomic E-state index is 0.0770. The number of rotatable bonds is 6. The van der Waals surface area contributed by atoms with E-state index in [9.17, 15) is 14.4 Å². The number of amides is 1. The van der Waals surface area contributed by atoms with Crippen LogP contribution >= 0.6 is 11.3 Å². The molecule has 152 valence electrons. The highest BCUT2D eigenvalue weighted by Crippen LogP contribution is 2.40. The molecule has 8 nitrogen and oxygen atoms in total. The quantitative estimate of drug-likeness (QED) is 0.720. The lowest BCUT2D eigenvalue weighted by atomic mass is 9.88. The molecule has 2 heterocycles. The molecule has 1 atom stereocenters. The van der Waals surface area contributed by atoms with Gasteiger partial charge in [-0.2, -0.15) is 0 Å². The Labute approximate surface area is 166 Å². The van der Waals surface area contributed by atoms with Gasteiger partial charge in [0.1, 0.15) is 24.5 Å². The van der Waals surface area contributed by atoms with E-state index < -0.39 is 24.5 Å². The summed E-state index contributed by atoms with van der Waals surface area (Å²) in [5.74, 6) is -1.31. The Kier molecular flexibility index (Phi) is 6.56. The summed E-state index contributed by atoms with van der Waals surface area (Å²) < 4.78 is 20.2. The van der Waals surface area contributed by atoms with E-state index in [1.807, 2.05) is 0 Å². The van der Waals surface area contributed by atoms with Crippen LogP contribution in [-0.2, 0) is 41.4 Å².